The zero-order chi connectivity index (χ0) is 14.7. The Morgan fingerprint density at radius 2 is 2.00 bits per heavy atom. The number of hydrogen-bond donors (Lipinski definition) is 1. The van der Waals surface area contributed by atoms with Crippen LogP contribution in [-0.4, -0.2) is 22.0 Å². The van der Waals surface area contributed by atoms with Gasteiger partial charge in [0.05, 0.1) is 16.8 Å². The van der Waals surface area contributed by atoms with Crippen LogP contribution in [0.4, 0.5) is 0 Å². The summed E-state index contributed by atoms with van der Waals surface area (Å²) in [6.45, 7) is 1.86. The summed E-state index contributed by atoms with van der Waals surface area (Å²) in [7, 11) is 0. The van der Waals surface area contributed by atoms with Gasteiger partial charge >= 0.3 is 11.9 Å². The molecule has 0 atom stereocenters. The molecule has 102 valence electrons. The number of hydrogen-bond acceptors (Lipinski definition) is 4. The summed E-state index contributed by atoms with van der Waals surface area (Å²) < 4.78 is 5.08. The number of carboxylic acids is 1. The molecule has 0 aliphatic rings. The van der Waals surface area contributed by atoms with Gasteiger partial charge in [0.1, 0.15) is 11.4 Å². The van der Waals surface area contributed by atoms with Gasteiger partial charge in [-0.25, -0.2) is 14.6 Å². The van der Waals surface area contributed by atoms with Gasteiger partial charge in [-0.1, -0.05) is 17.7 Å². The number of benzene rings is 1. The lowest BCUT2D eigenvalue weighted by Gasteiger charge is -2.06. The molecule has 0 bridgehead atoms. The van der Waals surface area contributed by atoms with Crippen molar-refractivity contribution in [1.29, 1.82) is 0 Å². The maximum absolute atomic E-state index is 11.9. The van der Waals surface area contributed by atoms with Crippen LogP contribution in [0.3, 0.4) is 0 Å². The molecule has 1 N–H and O–H groups in total. The fourth-order valence-electron chi connectivity index (χ4n) is 1.51. The summed E-state index contributed by atoms with van der Waals surface area (Å²) in [5.74, 6) is -1.62. The van der Waals surface area contributed by atoms with Crippen molar-refractivity contribution in [3.05, 3.63) is 58.4 Å². The van der Waals surface area contributed by atoms with Gasteiger partial charge in [0, 0.05) is 0 Å². The number of carbonyl (C=O) groups excluding carboxylic acids is 1. The average molecular weight is 292 g/mol. The number of aryl methyl sites for hydroxylation is 1. The zero-order valence-electron chi connectivity index (χ0n) is 10.5. The van der Waals surface area contributed by atoms with Crippen molar-refractivity contribution in [2.45, 2.75) is 6.92 Å². The summed E-state index contributed by atoms with van der Waals surface area (Å²) in [6.07, 6.45) is 1.17. The predicted molar refractivity (Wildman–Crippen MR) is 72.3 cm³/mol. The van der Waals surface area contributed by atoms with Crippen LogP contribution in [0, 0.1) is 6.92 Å². The fraction of sp³-hybridized carbons (Fsp3) is 0.0714. The van der Waals surface area contributed by atoms with Crippen LogP contribution in [0.2, 0.25) is 5.02 Å². The van der Waals surface area contributed by atoms with Gasteiger partial charge in [-0.2, -0.15) is 0 Å². The van der Waals surface area contributed by atoms with E-state index < -0.39 is 11.9 Å². The number of pyridine rings is 1. The molecule has 5 nitrogen and oxygen atoms in total. The molecular formula is C14H10ClNO4. The highest BCUT2D eigenvalue weighted by Gasteiger charge is 2.13. The van der Waals surface area contributed by atoms with E-state index in [4.69, 9.17) is 21.4 Å². The number of aromatic nitrogens is 1. The molecule has 1 heterocycles. The maximum Gasteiger partial charge on any atom is 0.354 e. The minimum absolute atomic E-state index is 0.127. The normalized spacial score (nSPS) is 10.1. The van der Waals surface area contributed by atoms with Crippen LogP contribution >= 0.6 is 11.6 Å². The van der Waals surface area contributed by atoms with E-state index in [0.29, 0.717) is 5.02 Å². The second kappa shape index (κ2) is 5.71. The number of halogens is 1. The third-order valence-corrected chi connectivity index (χ3v) is 2.82. The Labute approximate surface area is 119 Å². The standard InChI is InChI=1S/C14H10ClNO4/c1-8-2-4-10(11(15)6-8)14(19)20-9-3-5-12(13(17)18)16-7-9/h2-7H,1H3,(H,17,18). The Morgan fingerprint density at radius 3 is 2.55 bits per heavy atom. The molecule has 0 saturated carbocycles. The highest BCUT2D eigenvalue weighted by atomic mass is 35.5. The smallest absolute Gasteiger partial charge is 0.354 e. The number of rotatable bonds is 3. The Balaban J connectivity index is 2.17. The minimum Gasteiger partial charge on any atom is -0.477 e. The summed E-state index contributed by atoms with van der Waals surface area (Å²) in [6, 6.07) is 7.58. The van der Waals surface area contributed by atoms with Crippen molar-refractivity contribution in [2.24, 2.45) is 0 Å². The second-order valence-electron chi connectivity index (χ2n) is 4.06. The van der Waals surface area contributed by atoms with Crippen molar-refractivity contribution in [2.75, 3.05) is 0 Å². The van der Waals surface area contributed by atoms with E-state index in [0.717, 1.165) is 5.56 Å². The van der Waals surface area contributed by atoms with Crippen LogP contribution in [0.5, 0.6) is 5.75 Å². The molecule has 2 aromatic rings. The first-order valence-corrected chi connectivity index (χ1v) is 6.03. The van der Waals surface area contributed by atoms with Crippen LogP contribution in [0.25, 0.3) is 0 Å². The first-order chi connectivity index (χ1) is 9.47. The van der Waals surface area contributed by atoms with Gasteiger partial charge < -0.3 is 9.84 Å². The van der Waals surface area contributed by atoms with E-state index in [1.165, 1.54) is 18.3 Å². The Kier molecular flexibility index (Phi) is 4.00. The Bertz CT molecular complexity index is 667. The number of carboxylic acid groups (broad SMARTS) is 1. The summed E-state index contributed by atoms with van der Waals surface area (Å²) >= 11 is 5.96. The van der Waals surface area contributed by atoms with Crippen molar-refractivity contribution >= 4 is 23.5 Å². The molecule has 6 heteroatoms. The summed E-state index contributed by atoms with van der Waals surface area (Å²) in [5, 5.41) is 9.01. The van der Waals surface area contributed by atoms with Gasteiger partial charge in [-0.15, -0.1) is 0 Å². The van der Waals surface area contributed by atoms with Crippen molar-refractivity contribution in [1.82, 2.24) is 4.98 Å². The highest BCUT2D eigenvalue weighted by Crippen LogP contribution is 2.20. The Hall–Kier alpha value is -2.40. The van der Waals surface area contributed by atoms with Gasteiger partial charge in [0.15, 0.2) is 0 Å². The van der Waals surface area contributed by atoms with Gasteiger partial charge in [0.2, 0.25) is 0 Å². The molecular weight excluding hydrogens is 282 g/mol. The average Bonchev–Trinajstić information content (AvgIpc) is 2.39. The molecule has 0 amide bonds. The number of nitrogens with zero attached hydrogens (tertiary/aromatic N) is 1. The number of ether oxygens (including phenoxy) is 1. The molecule has 2 rings (SSSR count). The third kappa shape index (κ3) is 3.13. The molecule has 0 fully saturated rings. The monoisotopic (exact) mass is 291 g/mol. The third-order valence-electron chi connectivity index (χ3n) is 2.51. The van der Waals surface area contributed by atoms with Crippen molar-refractivity contribution in [3.63, 3.8) is 0 Å². The van der Waals surface area contributed by atoms with Crippen LogP contribution < -0.4 is 4.74 Å². The van der Waals surface area contributed by atoms with Crippen molar-refractivity contribution in [3.8, 4) is 5.75 Å². The molecule has 0 radical (unpaired) electrons. The predicted octanol–water partition coefficient (Wildman–Crippen LogP) is 2.96. The molecule has 0 spiro atoms. The van der Waals surface area contributed by atoms with Gasteiger partial charge in [-0.05, 0) is 36.8 Å². The number of esters is 1. The minimum atomic E-state index is -1.15. The highest BCUT2D eigenvalue weighted by molar-refractivity contribution is 6.33. The van der Waals surface area contributed by atoms with Crippen LogP contribution in [-0.2, 0) is 0 Å². The second-order valence-corrected chi connectivity index (χ2v) is 4.46. The van der Waals surface area contributed by atoms with Crippen LogP contribution in [0.15, 0.2) is 36.5 Å². The topological polar surface area (TPSA) is 76.5 Å². The van der Waals surface area contributed by atoms with E-state index in [9.17, 15) is 9.59 Å². The SMILES string of the molecule is Cc1ccc(C(=O)Oc2ccc(C(=O)O)nc2)c(Cl)c1. The molecule has 0 aliphatic carbocycles. The molecule has 0 aliphatic heterocycles. The lowest BCUT2D eigenvalue weighted by Crippen LogP contribution is -2.10. The first-order valence-electron chi connectivity index (χ1n) is 5.65. The lowest BCUT2D eigenvalue weighted by molar-refractivity contribution is 0.0690. The number of carbonyl (C=O) groups is 2. The molecule has 0 saturated heterocycles. The van der Waals surface area contributed by atoms with Gasteiger partial charge in [-0.3, -0.25) is 0 Å². The van der Waals surface area contributed by atoms with E-state index in [2.05, 4.69) is 4.98 Å². The zero-order valence-corrected chi connectivity index (χ0v) is 11.2. The maximum atomic E-state index is 11.9. The van der Waals surface area contributed by atoms with E-state index in [1.807, 2.05) is 6.92 Å². The van der Waals surface area contributed by atoms with Crippen molar-refractivity contribution < 1.29 is 19.4 Å². The summed E-state index contributed by atoms with van der Waals surface area (Å²) in [5.41, 5.74) is 1.04. The van der Waals surface area contributed by atoms with Gasteiger partial charge in [0.25, 0.3) is 0 Å². The summed E-state index contributed by atoms with van der Waals surface area (Å²) in [4.78, 5) is 26.2. The first kappa shape index (κ1) is 14.0. The lowest BCUT2D eigenvalue weighted by atomic mass is 10.1. The molecule has 1 aromatic carbocycles. The van der Waals surface area contributed by atoms with E-state index >= 15 is 0 Å². The van der Waals surface area contributed by atoms with Crippen LogP contribution in [0.1, 0.15) is 26.4 Å². The van der Waals surface area contributed by atoms with E-state index in [1.54, 1.807) is 18.2 Å². The largest absolute Gasteiger partial charge is 0.477 e. The Morgan fingerprint density at radius 1 is 1.25 bits per heavy atom. The number of aromatic carboxylic acids is 1. The molecule has 20 heavy (non-hydrogen) atoms. The fourth-order valence-corrected chi connectivity index (χ4v) is 1.83. The molecule has 1 aromatic heterocycles. The van der Waals surface area contributed by atoms with E-state index in [-0.39, 0.29) is 17.0 Å². The molecule has 0 unspecified atom stereocenters. The quantitative estimate of drug-likeness (QED) is 0.880.